The summed E-state index contributed by atoms with van der Waals surface area (Å²) in [5.74, 6) is 1.52. The number of nitro benzene ring substituents is 1. The van der Waals surface area contributed by atoms with Gasteiger partial charge in [-0.15, -0.1) is 0 Å². The van der Waals surface area contributed by atoms with Crippen LogP contribution in [0.2, 0.25) is 5.02 Å². The number of carbonyl (C=O) groups excluding carboxylic acids is 1. The first-order valence-electron chi connectivity index (χ1n) is 5.91. The van der Waals surface area contributed by atoms with Crippen molar-refractivity contribution in [2.45, 2.75) is 18.9 Å². The van der Waals surface area contributed by atoms with Gasteiger partial charge in [0.25, 0.3) is 5.91 Å². The molecule has 0 spiro atoms. The number of benzene rings is 1. The van der Waals surface area contributed by atoms with Gasteiger partial charge < -0.3 is 5.32 Å². The van der Waals surface area contributed by atoms with Crippen LogP contribution >= 0.6 is 23.4 Å². The van der Waals surface area contributed by atoms with Gasteiger partial charge in [-0.2, -0.15) is 11.8 Å². The first-order chi connectivity index (χ1) is 9.09. The Balaban J connectivity index is 2.18. The Kier molecular flexibility index (Phi) is 4.66. The number of halogens is 1. The fourth-order valence-corrected chi connectivity index (χ4v) is 3.32. The van der Waals surface area contributed by atoms with E-state index in [-0.39, 0.29) is 22.3 Å². The molecule has 1 atom stereocenters. The molecule has 1 aliphatic rings. The molecule has 7 heteroatoms. The first kappa shape index (κ1) is 14.1. The van der Waals surface area contributed by atoms with E-state index in [9.17, 15) is 14.9 Å². The lowest BCUT2D eigenvalue weighted by molar-refractivity contribution is -0.385. The summed E-state index contributed by atoms with van der Waals surface area (Å²) in [5, 5.41) is 13.8. The average molecular weight is 301 g/mol. The van der Waals surface area contributed by atoms with Crippen molar-refractivity contribution in [2.75, 3.05) is 11.5 Å². The number of amides is 1. The smallest absolute Gasteiger partial charge is 0.300 e. The Labute approximate surface area is 119 Å². The lowest BCUT2D eigenvalue weighted by atomic mass is 10.1. The zero-order chi connectivity index (χ0) is 13.8. The van der Waals surface area contributed by atoms with Gasteiger partial charge >= 0.3 is 5.69 Å². The van der Waals surface area contributed by atoms with E-state index in [1.807, 2.05) is 0 Å². The minimum atomic E-state index is -0.618. The second-order valence-corrected chi connectivity index (χ2v) is 5.84. The number of nitrogens with one attached hydrogen (secondary N) is 1. The highest BCUT2D eigenvalue weighted by molar-refractivity contribution is 7.99. The van der Waals surface area contributed by atoms with Gasteiger partial charge in [0.15, 0.2) is 0 Å². The van der Waals surface area contributed by atoms with E-state index in [4.69, 9.17) is 11.6 Å². The van der Waals surface area contributed by atoms with E-state index < -0.39 is 10.8 Å². The molecular formula is C12H13ClN2O3S. The van der Waals surface area contributed by atoms with Crippen molar-refractivity contribution in [1.29, 1.82) is 0 Å². The molecular weight excluding hydrogens is 288 g/mol. The van der Waals surface area contributed by atoms with Crippen LogP contribution in [-0.4, -0.2) is 28.4 Å². The molecule has 0 radical (unpaired) electrons. The molecule has 1 fully saturated rings. The fourth-order valence-electron chi connectivity index (χ4n) is 2.00. The molecule has 1 heterocycles. The van der Waals surface area contributed by atoms with Crippen LogP contribution in [0.3, 0.4) is 0 Å². The molecule has 0 aliphatic carbocycles. The number of nitro groups is 1. The largest absolute Gasteiger partial charge is 0.348 e. The third-order valence-corrected chi connectivity index (χ3v) is 4.43. The van der Waals surface area contributed by atoms with E-state index in [0.29, 0.717) is 0 Å². The number of nitrogens with zero attached hydrogens (tertiary/aromatic N) is 1. The standard InChI is InChI=1S/C12H13ClN2O3S/c13-10-5-1-4-9(11(10)15(17)18)12(16)14-8-3-2-6-19-7-8/h1,4-5,8H,2-3,6-7H2,(H,14,16). The number of para-hydroxylation sites is 1. The summed E-state index contributed by atoms with van der Waals surface area (Å²) in [6, 6.07) is 4.45. The van der Waals surface area contributed by atoms with E-state index in [1.54, 1.807) is 17.8 Å². The van der Waals surface area contributed by atoms with Gasteiger partial charge in [-0.3, -0.25) is 14.9 Å². The van der Waals surface area contributed by atoms with Gasteiger partial charge in [-0.1, -0.05) is 17.7 Å². The molecule has 2 rings (SSSR count). The highest BCUT2D eigenvalue weighted by atomic mass is 35.5. The molecule has 0 bridgehead atoms. The number of rotatable bonds is 3. The SMILES string of the molecule is O=C(NC1CCCSC1)c1cccc(Cl)c1[N+](=O)[O-]. The first-order valence-corrected chi connectivity index (χ1v) is 7.44. The van der Waals surface area contributed by atoms with Crippen molar-refractivity contribution in [3.8, 4) is 0 Å². The van der Waals surface area contributed by atoms with E-state index >= 15 is 0 Å². The second-order valence-electron chi connectivity index (χ2n) is 4.28. The van der Waals surface area contributed by atoms with Crippen molar-refractivity contribution < 1.29 is 9.72 Å². The van der Waals surface area contributed by atoms with Crippen LogP contribution in [0.15, 0.2) is 18.2 Å². The van der Waals surface area contributed by atoms with Crippen LogP contribution < -0.4 is 5.32 Å². The van der Waals surface area contributed by atoms with Gasteiger partial charge in [-0.05, 0) is 30.7 Å². The van der Waals surface area contributed by atoms with E-state index in [0.717, 1.165) is 24.3 Å². The molecule has 1 amide bonds. The van der Waals surface area contributed by atoms with Crippen molar-refractivity contribution in [3.63, 3.8) is 0 Å². The monoisotopic (exact) mass is 300 g/mol. The minimum absolute atomic E-state index is 0.0179. The number of carbonyl (C=O) groups is 1. The van der Waals surface area contributed by atoms with Gasteiger partial charge in [0.05, 0.1) is 4.92 Å². The van der Waals surface area contributed by atoms with Crippen molar-refractivity contribution >= 4 is 35.0 Å². The summed E-state index contributed by atoms with van der Waals surface area (Å²) in [7, 11) is 0. The van der Waals surface area contributed by atoms with Gasteiger partial charge in [0.1, 0.15) is 10.6 Å². The molecule has 102 valence electrons. The molecule has 1 saturated heterocycles. The quantitative estimate of drug-likeness (QED) is 0.688. The Hall–Kier alpha value is -1.27. The number of hydrogen-bond acceptors (Lipinski definition) is 4. The van der Waals surface area contributed by atoms with Crippen LogP contribution in [0.1, 0.15) is 23.2 Å². The maximum atomic E-state index is 12.1. The minimum Gasteiger partial charge on any atom is -0.348 e. The maximum absolute atomic E-state index is 12.1. The lowest BCUT2D eigenvalue weighted by Crippen LogP contribution is -2.38. The zero-order valence-corrected chi connectivity index (χ0v) is 11.7. The second kappa shape index (κ2) is 6.25. The molecule has 19 heavy (non-hydrogen) atoms. The number of hydrogen-bond donors (Lipinski definition) is 1. The lowest BCUT2D eigenvalue weighted by Gasteiger charge is -2.22. The summed E-state index contributed by atoms with van der Waals surface area (Å²) in [4.78, 5) is 22.5. The average Bonchev–Trinajstić information content (AvgIpc) is 2.39. The Morgan fingerprint density at radius 2 is 2.32 bits per heavy atom. The van der Waals surface area contributed by atoms with E-state index in [1.165, 1.54) is 12.1 Å². The Morgan fingerprint density at radius 1 is 1.53 bits per heavy atom. The highest BCUT2D eigenvalue weighted by Crippen LogP contribution is 2.28. The summed E-state index contributed by atoms with van der Waals surface area (Å²) in [6.45, 7) is 0. The molecule has 1 aliphatic heterocycles. The summed E-state index contributed by atoms with van der Waals surface area (Å²) in [6.07, 6.45) is 1.96. The van der Waals surface area contributed by atoms with Crippen molar-refractivity contribution in [2.24, 2.45) is 0 Å². The summed E-state index contributed by atoms with van der Waals surface area (Å²) < 4.78 is 0. The van der Waals surface area contributed by atoms with Crippen LogP contribution in [0.5, 0.6) is 0 Å². The van der Waals surface area contributed by atoms with Crippen LogP contribution in [-0.2, 0) is 0 Å². The molecule has 5 nitrogen and oxygen atoms in total. The predicted molar refractivity (Wildman–Crippen MR) is 75.9 cm³/mol. The topological polar surface area (TPSA) is 72.2 Å². The third kappa shape index (κ3) is 3.39. The molecule has 1 aromatic rings. The molecule has 0 aromatic heterocycles. The molecule has 1 unspecified atom stereocenters. The van der Waals surface area contributed by atoms with Crippen molar-refractivity contribution in [3.05, 3.63) is 38.9 Å². The highest BCUT2D eigenvalue weighted by Gasteiger charge is 2.25. The zero-order valence-electron chi connectivity index (χ0n) is 10.1. The third-order valence-electron chi connectivity index (χ3n) is 2.91. The van der Waals surface area contributed by atoms with Crippen molar-refractivity contribution in [1.82, 2.24) is 5.32 Å². The summed E-state index contributed by atoms with van der Waals surface area (Å²) >= 11 is 7.56. The van der Waals surface area contributed by atoms with Crippen LogP contribution in [0.4, 0.5) is 5.69 Å². The Morgan fingerprint density at radius 3 is 2.95 bits per heavy atom. The van der Waals surface area contributed by atoms with Gasteiger partial charge in [0, 0.05) is 11.8 Å². The predicted octanol–water partition coefficient (Wildman–Crippen LogP) is 2.87. The normalized spacial score (nSPS) is 18.9. The van der Waals surface area contributed by atoms with Crippen LogP contribution in [0, 0.1) is 10.1 Å². The summed E-state index contributed by atoms with van der Waals surface area (Å²) in [5.41, 5.74) is -0.307. The Bertz CT molecular complexity index is 504. The molecule has 1 N–H and O–H groups in total. The maximum Gasteiger partial charge on any atom is 0.300 e. The van der Waals surface area contributed by atoms with Gasteiger partial charge in [-0.25, -0.2) is 0 Å². The number of thioether (sulfide) groups is 1. The molecule has 0 saturated carbocycles. The van der Waals surface area contributed by atoms with Crippen LogP contribution in [0.25, 0.3) is 0 Å². The molecule has 1 aromatic carbocycles. The fraction of sp³-hybridized carbons (Fsp3) is 0.417. The van der Waals surface area contributed by atoms with Gasteiger partial charge in [0.2, 0.25) is 0 Å². The van der Waals surface area contributed by atoms with E-state index in [2.05, 4.69) is 5.32 Å².